The van der Waals surface area contributed by atoms with E-state index < -0.39 is 28.5 Å². The Labute approximate surface area is 272 Å². The summed E-state index contributed by atoms with van der Waals surface area (Å²) in [6.45, 7) is 15.3. The highest BCUT2D eigenvalue weighted by molar-refractivity contribution is 5.82. The van der Waals surface area contributed by atoms with E-state index in [0.29, 0.717) is 37.7 Å². The molecule has 0 saturated heterocycles. The zero-order valence-corrected chi connectivity index (χ0v) is 29.6. The zero-order valence-electron chi connectivity index (χ0n) is 29.6. The zero-order chi connectivity index (χ0) is 33.8. The number of aliphatic hydroxyl groups excluding tert-OH is 1. The molecule has 0 aromatic heterocycles. The van der Waals surface area contributed by atoms with Crippen LogP contribution >= 0.6 is 0 Å². The minimum Gasteiger partial charge on any atom is -0.493 e. The molecule has 2 rings (SSSR count). The molecule has 0 spiro atoms. The monoisotopic (exact) mass is 633 g/mol. The quantitative estimate of drug-likeness (QED) is 0.150. The van der Waals surface area contributed by atoms with E-state index in [2.05, 4.69) is 17.6 Å². The van der Waals surface area contributed by atoms with Crippen molar-refractivity contribution in [3.8, 4) is 11.5 Å². The van der Waals surface area contributed by atoms with Crippen LogP contribution in [0.15, 0.2) is 18.2 Å². The van der Waals surface area contributed by atoms with Gasteiger partial charge in [0.1, 0.15) is 0 Å². The first-order valence-corrected chi connectivity index (χ1v) is 16.9. The predicted octanol–water partition coefficient (Wildman–Crippen LogP) is 5.40. The van der Waals surface area contributed by atoms with Crippen LogP contribution in [0, 0.1) is 23.2 Å². The fourth-order valence-corrected chi connectivity index (χ4v) is 6.20. The number of ether oxygens (including phenoxy) is 3. The molecule has 0 heterocycles. The molecule has 0 aliphatic heterocycles. The van der Waals surface area contributed by atoms with Gasteiger partial charge in [-0.3, -0.25) is 9.59 Å². The summed E-state index contributed by atoms with van der Waals surface area (Å²) in [4.78, 5) is 26.4. The topological polar surface area (TPSA) is 132 Å². The Kier molecular flexibility index (Phi) is 15.1. The first-order chi connectivity index (χ1) is 21.1. The number of amides is 2. The SMILES string of the molecule is CC[C@@H](Cc1ccc(OC)c(OCCCOC)c1)C[C@](C)(N)[C@@H](O)C[C@H](C(=O)NCC1(NC(=O)C(C)(C)C)CCCC1)C(C)C. The smallest absolute Gasteiger partial charge is 0.225 e. The number of rotatable bonds is 19. The standard InChI is InChI=1S/C36H63N3O6/c1-10-26(20-27-14-15-29(44-9)30(21-27)45-19-13-18-43-8)23-35(7,37)31(40)22-28(25(2)3)32(41)38-24-36(16-11-12-17-36)39-33(42)34(4,5)6/h14-15,21,25-26,28,31,40H,10-13,16-20,22-24,37H2,1-9H3,(H,38,41)(H,39,42)/t26-,28-,31-,35-/m0/s1. The molecule has 1 aromatic rings. The first kappa shape index (κ1) is 38.8. The van der Waals surface area contributed by atoms with Crippen LogP contribution in [0.2, 0.25) is 0 Å². The molecular formula is C36H63N3O6. The van der Waals surface area contributed by atoms with Crippen molar-refractivity contribution in [2.75, 3.05) is 34.0 Å². The van der Waals surface area contributed by atoms with Gasteiger partial charge in [0.2, 0.25) is 11.8 Å². The number of nitrogens with two attached hydrogens (primary N) is 1. The Morgan fingerprint density at radius 3 is 2.29 bits per heavy atom. The van der Waals surface area contributed by atoms with E-state index in [1.807, 2.05) is 59.7 Å². The van der Waals surface area contributed by atoms with E-state index in [1.165, 1.54) is 0 Å². The molecule has 2 amide bonds. The second kappa shape index (κ2) is 17.5. The van der Waals surface area contributed by atoms with E-state index in [1.54, 1.807) is 14.2 Å². The van der Waals surface area contributed by atoms with Gasteiger partial charge in [-0.25, -0.2) is 0 Å². The maximum absolute atomic E-state index is 13.5. The van der Waals surface area contributed by atoms with Gasteiger partial charge in [0.25, 0.3) is 0 Å². The first-order valence-electron chi connectivity index (χ1n) is 16.9. The molecular weight excluding hydrogens is 570 g/mol. The summed E-state index contributed by atoms with van der Waals surface area (Å²) in [5, 5.41) is 17.8. The fourth-order valence-electron chi connectivity index (χ4n) is 6.20. The minimum absolute atomic E-state index is 0.000627. The molecule has 1 aliphatic rings. The summed E-state index contributed by atoms with van der Waals surface area (Å²) in [6.07, 6.45) is 6.22. The Morgan fingerprint density at radius 2 is 1.73 bits per heavy atom. The number of benzene rings is 1. The third kappa shape index (κ3) is 12.1. The maximum Gasteiger partial charge on any atom is 0.225 e. The minimum atomic E-state index is -0.882. The van der Waals surface area contributed by atoms with E-state index in [4.69, 9.17) is 19.9 Å². The Balaban J connectivity index is 2.05. The summed E-state index contributed by atoms with van der Waals surface area (Å²) in [7, 11) is 3.31. The highest BCUT2D eigenvalue weighted by Gasteiger charge is 2.40. The number of hydrogen-bond donors (Lipinski definition) is 4. The van der Waals surface area contributed by atoms with Crippen LogP contribution < -0.4 is 25.8 Å². The van der Waals surface area contributed by atoms with Gasteiger partial charge in [-0.15, -0.1) is 0 Å². The molecule has 9 heteroatoms. The maximum atomic E-state index is 13.5. The molecule has 1 aromatic carbocycles. The van der Waals surface area contributed by atoms with Crippen LogP contribution in [0.5, 0.6) is 11.5 Å². The molecule has 45 heavy (non-hydrogen) atoms. The average Bonchev–Trinajstić information content (AvgIpc) is 3.44. The molecule has 1 fully saturated rings. The Bertz CT molecular complexity index is 1060. The van der Waals surface area contributed by atoms with E-state index in [-0.39, 0.29) is 30.1 Å². The summed E-state index contributed by atoms with van der Waals surface area (Å²) >= 11 is 0. The number of carbonyl (C=O) groups excluding carboxylic acids is 2. The lowest BCUT2D eigenvalue weighted by Gasteiger charge is -2.37. The van der Waals surface area contributed by atoms with Gasteiger partial charge < -0.3 is 35.7 Å². The van der Waals surface area contributed by atoms with Crippen LogP contribution in [0.4, 0.5) is 0 Å². The highest BCUT2D eigenvalue weighted by Crippen LogP contribution is 2.34. The summed E-state index contributed by atoms with van der Waals surface area (Å²) in [6, 6.07) is 6.01. The van der Waals surface area contributed by atoms with Gasteiger partial charge in [0.05, 0.1) is 25.4 Å². The molecule has 9 nitrogen and oxygen atoms in total. The van der Waals surface area contributed by atoms with Crippen molar-refractivity contribution >= 4 is 11.8 Å². The lowest BCUT2D eigenvalue weighted by atomic mass is 9.77. The Hall–Kier alpha value is -2.36. The van der Waals surface area contributed by atoms with Gasteiger partial charge in [0.15, 0.2) is 11.5 Å². The third-order valence-electron chi connectivity index (χ3n) is 9.41. The van der Waals surface area contributed by atoms with Gasteiger partial charge in [-0.2, -0.15) is 0 Å². The number of nitrogens with one attached hydrogen (secondary N) is 2. The van der Waals surface area contributed by atoms with E-state index in [9.17, 15) is 14.7 Å². The molecule has 4 atom stereocenters. The van der Waals surface area contributed by atoms with Crippen molar-refractivity contribution in [3.05, 3.63) is 23.8 Å². The molecule has 1 saturated carbocycles. The van der Waals surface area contributed by atoms with E-state index in [0.717, 1.165) is 50.5 Å². The molecule has 1 aliphatic carbocycles. The van der Waals surface area contributed by atoms with Crippen LogP contribution in [0.1, 0.15) is 105 Å². The van der Waals surface area contributed by atoms with Crippen LogP contribution in [-0.4, -0.2) is 68.1 Å². The van der Waals surface area contributed by atoms with E-state index >= 15 is 0 Å². The lowest BCUT2D eigenvalue weighted by molar-refractivity contribution is -0.132. The Morgan fingerprint density at radius 1 is 1.07 bits per heavy atom. The van der Waals surface area contributed by atoms with Crippen LogP contribution in [-0.2, 0) is 20.7 Å². The second-order valence-electron chi connectivity index (χ2n) is 14.9. The van der Waals surface area contributed by atoms with Crippen molar-refractivity contribution < 1.29 is 28.9 Å². The normalized spacial score (nSPS) is 18.1. The largest absolute Gasteiger partial charge is 0.493 e. The number of aliphatic hydroxyl groups is 1. The van der Waals surface area contributed by atoms with Crippen molar-refractivity contribution in [2.45, 2.75) is 123 Å². The average molecular weight is 634 g/mol. The molecule has 0 bridgehead atoms. The van der Waals surface area contributed by atoms with Gasteiger partial charge in [-0.05, 0) is 68.6 Å². The molecule has 0 unspecified atom stereocenters. The molecule has 0 radical (unpaired) electrons. The third-order valence-corrected chi connectivity index (χ3v) is 9.41. The van der Waals surface area contributed by atoms with Crippen molar-refractivity contribution in [3.63, 3.8) is 0 Å². The summed E-state index contributed by atoms with van der Waals surface area (Å²) in [5.74, 6) is 1.14. The number of methoxy groups -OCH3 is 2. The van der Waals surface area contributed by atoms with Gasteiger partial charge >= 0.3 is 0 Å². The van der Waals surface area contributed by atoms with Gasteiger partial charge in [0, 0.05) is 43.6 Å². The fraction of sp³-hybridized carbons (Fsp3) is 0.778. The second-order valence-corrected chi connectivity index (χ2v) is 14.9. The molecule has 258 valence electrons. The van der Waals surface area contributed by atoms with Crippen molar-refractivity contribution in [1.29, 1.82) is 0 Å². The number of carbonyl (C=O) groups is 2. The van der Waals surface area contributed by atoms with Crippen LogP contribution in [0.3, 0.4) is 0 Å². The van der Waals surface area contributed by atoms with Crippen LogP contribution in [0.25, 0.3) is 0 Å². The van der Waals surface area contributed by atoms with Crippen molar-refractivity contribution in [2.24, 2.45) is 28.9 Å². The van der Waals surface area contributed by atoms with Crippen molar-refractivity contribution in [1.82, 2.24) is 10.6 Å². The molecule has 5 N–H and O–H groups in total. The summed E-state index contributed by atoms with van der Waals surface area (Å²) in [5.41, 5.74) is 6.13. The predicted molar refractivity (Wildman–Crippen MR) is 180 cm³/mol. The lowest BCUT2D eigenvalue weighted by Crippen LogP contribution is -2.57. The number of hydrogen-bond acceptors (Lipinski definition) is 7. The summed E-state index contributed by atoms with van der Waals surface area (Å²) < 4.78 is 16.6. The highest BCUT2D eigenvalue weighted by atomic mass is 16.5. The van der Waals surface area contributed by atoms with Gasteiger partial charge in [-0.1, -0.05) is 66.9 Å².